The molecule has 0 amide bonds. The van der Waals surface area contributed by atoms with E-state index in [1.165, 1.54) is 11.1 Å². The van der Waals surface area contributed by atoms with Crippen LogP contribution >= 0.6 is 0 Å². The molecule has 0 unspecified atom stereocenters. The van der Waals surface area contributed by atoms with E-state index in [1.54, 1.807) is 55.5 Å². The van der Waals surface area contributed by atoms with Crippen molar-refractivity contribution in [1.29, 1.82) is 0 Å². The van der Waals surface area contributed by atoms with Gasteiger partial charge in [0.25, 0.3) is 10.0 Å². The second-order valence-corrected chi connectivity index (χ2v) is 6.41. The first kappa shape index (κ1) is 13.6. The van der Waals surface area contributed by atoms with E-state index >= 15 is 0 Å². The van der Waals surface area contributed by atoms with E-state index in [1.807, 2.05) is 0 Å². The molecule has 2 heterocycles. The molecular weight excluding hydrogens is 288 g/mol. The number of hydrogen-bond acceptors (Lipinski definition) is 4. The van der Waals surface area contributed by atoms with E-state index in [4.69, 9.17) is 4.74 Å². The van der Waals surface area contributed by atoms with Gasteiger partial charge < -0.3 is 4.74 Å². The Bertz CT molecular complexity index is 899. The maximum Gasteiger partial charge on any atom is 0.268 e. The summed E-state index contributed by atoms with van der Waals surface area (Å²) in [5, 5.41) is 0. The maximum atomic E-state index is 12.8. The lowest BCUT2D eigenvalue weighted by atomic mass is 10.4. The van der Waals surface area contributed by atoms with Crippen molar-refractivity contribution >= 4 is 21.1 Å². The summed E-state index contributed by atoms with van der Waals surface area (Å²) < 4.78 is 32.0. The molecule has 0 aliphatic heterocycles. The molecule has 3 aromatic rings. The molecule has 0 radical (unpaired) electrons. The summed E-state index contributed by atoms with van der Waals surface area (Å²) in [5.74, 6) is 0.455. The summed E-state index contributed by atoms with van der Waals surface area (Å²) in [6.45, 7) is 1.74. The van der Waals surface area contributed by atoms with Gasteiger partial charge in [0.2, 0.25) is 5.88 Å². The third kappa shape index (κ3) is 2.17. The molecule has 2 aromatic heterocycles. The highest BCUT2D eigenvalue weighted by Gasteiger charge is 2.21. The molecule has 5 nitrogen and oxygen atoms in total. The molecule has 108 valence electrons. The zero-order valence-corrected chi connectivity index (χ0v) is 12.5. The molecule has 0 bridgehead atoms. The lowest BCUT2D eigenvalue weighted by Gasteiger charge is -2.09. The fourth-order valence-electron chi connectivity index (χ4n) is 2.30. The lowest BCUT2D eigenvalue weighted by molar-refractivity contribution is 0.399. The number of aryl methyl sites for hydroxylation is 1. The smallest absolute Gasteiger partial charge is 0.268 e. The standard InChI is InChI=1S/C15H14N2O3S/c1-11-10-13-14(8-9-15(16-13)20-2)17(11)21(18,19)12-6-4-3-5-7-12/h3-10H,1-2H3. The van der Waals surface area contributed by atoms with Gasteiger partial charge in [0, 0.05) is 11.8 Å². The van der Waals surface area contributed by atoms with Crippen molar-refractivity contribution in [2.45, 2.75) is 11.8 Å². The van der Waals surface area contributed by atoms with Crippen molar-refractivity contribution in [1.82, 2.24) is 8.96 Å². The Morgan fingerprint density at radius 2 is 1.81 bits per heavy atom. The average Bonchev–Trinajstić information content (AvgIpc) is 2.83. The maximum absolute atomic E-state index is 12.8. The first-order valence-electron chi connectivity index (χ1n) is 6.38. The number of fused-ring (bicyclic) bond motifs is 1. The normalized spacial score (nSPS) is 11.7. The first-order chi connectivity index (χ1) is 10.0. The fraction of sp³-hybridized carbons (Fsp3) is 0.133. The van der Waals surface area contributed by atoms with Crippen LogP contribution in [0.4, 0.5) is 0 Å². The van der Waals surface area contributed by atoms with Gasteiger partial charge >= 0.3 is 0 Å². The molecule has 0 aliphatic carbocycles. The Labute approximate surface area is 122 Å². The summed E-state index contributed by atoms with van der Waals surface area (Å²) >= 11 is 0. The molecule has 3 rings (SSSR count). The van der Waals surface area contributed by atoms with Crippen molar-refractivity contribution in [3.63, 3.8) is 0 Å². The number of methoxy groups -OCH3 is 1. The van der Waals surface area contributed by atoms with Crippen LogP contribution in [0.1, 0.15) is 5.69 Å². The van der Waals surface area contributed by atoms with Gasteiger partial charge in [0.15, 0.2) is 0 Å². The summed E-state index contributed by atoms with van der Waals surface area (Å²) in [5.41, 5.74) is 1.73. The van der Waals surface area contributed by atoms with Crippen LogP contribution in [-0.4, -0.2) is 24.5 Å². The number of hydrogen-bond donors (Lipinski definition) is 0. The molecule has 1 aromatic carbocycles. The van der Waals surface area contributed by atoms with Crippen molar-refractivity contribution in [3.05, 3.63) is 54.2 Å². The summed E-state index contributed by atoms with van der Waals surface area (Å²) in [4.78, 5) is 4.53. The molecule has 0 saturated carbocycles. The van der Waals surface area contributed by atoms with Crippen LogP contribution in [0, 0.1) is 6.92 Å². The first-order valence-corrected chi connectivity index (χ1v) is 7.82. The van der Waals surface area contributed by atoms with Gasteiger partial charge in [-0.3, -0.25) is 0 Å². The van der Waals surface area contributed by atoms with Gasteiger partial charge in [-0.15, -0.1) is 0 Å². The van der Waals surface area contributed by atoms with Crippen LogP contribution in [0.25, 0.3) is 11.0 Å². The van der Waals surface area contributed by atoms with Gasteiger partial charge in [-0.2, -0.15) is 0 Å². The Morgan fingerprint density at radius 1 is 1.10 bits per heavy atom. The number of aromatic nitrogens is 2. The fourth-order valence-corrected chi connectivity index (χ4v) is 3.86. The average molecular weight is 302 g/mol. The highest BCUT2D eigenvalue weighted by Crippen LogP contribution is 2.25. The zero-order valence-electron chi connectivity index (χ0n) is 11.6. The number of rotatable bonds is 3. The van der Waals surface area contributed by atoms with E-state index in [0.29, 0.717) is 22.6 Å². The van der Waals surface area contributed by atoms with Crippen LogP contribution < -0.4 is 4.74 Å². The third-order valence-electron chi connectivity index (χ3n) is 3.25. The van der Waals surface area contributed by atoms with Crippen LogP contribution in [-0.2, 0) is 10.0 Å². The van der Waals surface area contributed by atoms with Gasteiger partial charge in [0.1, 0.15) is 0 Å². The monoisotopic (exact) mass is 302 g/mol. The highest BCUT2D eigenvalue weighted by atomic mass is 32.2. The molecule has 0 aliphatic rings. The minimum Gasteiger partial charge on any atom is -0.481 e. The van der Waals surface area contributed by atoms with Crippen molar-refractivity contribution in [2.75, 3.05) is 7.11 Å². The summed E-state index contributed by atoms with van der Waals surface area (Å²) in [6, 6.07) is 13.4. The van der Waals surface area contributed by atoms with Crippen LogP contribution in [0.2, 0.25) is 0 Å². The zero-order chi connectivity index (χ0) is 15.0. The second kappa shape index (κ2) is 4.89. The number of ether oxygens (including phenoxy) is 1. The van der Waals surface area contributed by atoms with Crippen LogP contribution in [0.3, 0.4) is 0 Å². The molecule has 0 fully saturated rings. The number of pyridine rings is 1. The van der Waals surface area contributed by atoms with Gasteiger partial charge in [-0.1, -0.05) is 18.2 Å². The Kier molecular flexibility index (Phi) is 3.17. The largest absolute Gasteiger partial charge is 0.481 e. The van der Waals surface area contributed by atoms with Gasteiger partial charge in [-0.05, 0) is 31.2 Å². The summed E-state index contributed by atoms with van der Waals surface area (Å²) in [6.07, 6.45) is 0. The molecule has 0 atom stereocenters. The molecule has 0 N–H and O–H groups in total. The number of benzene rings is 1. The van der Waals surface area contributed by atoms with Crippen molar-refractivity contribution in [2.24, 2.45) is 0 Å². The lowest BCUT2D eigenvalue weighted by Crippen LogP contribution is -2.14. The van der Waals surface area contributed by atoms with E-state index in [2.05, 4.69) is 4.98 Å². The van der Waals surface area contributed by atoms with E-state index < -0.39 is 10.0 Å². The highest BCUT2D eigenvalue weighted by molar-refractivity contribution is 7.90. The van der Waals surface area contributed by atoms with Gasteiger partial charge in [-0.25, -0.2) is 17.4 Å². The minimum atomic E-state index is -3.64. The Balaban J connectivity index is 2.28. The minimum absolute atomic E-state index is 0.251. The summed E-state index contributed by atoms with van der Waals surface area (Å²) in [7, 11) is -2.11. The van der Waals surface area contributed by atoms with E-state index in [9.17, 15) is 8.42 Å². The second-order valence-electron chi connectivity index (χ2n) is 4.63. The van der Waals surface area contributed by atoms with Crippen LogP contribution in [0.5, 0.6) is 5.88 Å². The molecular formula is C15H14N2O3S. The van der Waals surface area contributed by atoms with Crippen molar-refractivity contribution < 1.29 is 13.2 Å². The van der Waals surface area contributed by atoms with Gasteiger partial charge in [0.05, 0.1) is 23.0 Å². The molecule has 6 heteroatoms. The quantitative estimate of drug-likeness (QED) is 0.746. The molecule has 0 saturated heterocycles. The van der Waals surface area contributed by atoms with E-state index in [0.717, 1.165) is 0 Å². The predicted octanol–water partition coefficient (Wildman–Crippen LogP) is 2.59. The Hall–Kier alpha value is -2.34. The molecule has 0 spiro atoms. The van der Waals surface area contributed by atoms with E-state index in [-0.39, 0.29) is 4.90 Å². The van der Waals surface area contributed by atoms with Crippen molar-refractivity contribution in [3.8, 4) is 5.88 Å². The number of nitrogens with zero attached hydrogens (tertiary/aromatic N) is 2. The Morgan fingerprint density at radius 3 is 2.48 bits per heavy atom. The third-order valence-corrected chi connectivity index (χ3v) is 5.09. The van der Waals surface area contributed by atoms with Crippen LogP contribution in [0.15, 0.2) is 53.4 Å². The molecule has 21 heavy (non-hydrogen) atoms. The topological polar surface area (TPSA) is 61.2 Å². The SMILES string of the molecule is COc1ccc2c(cc(C)n2S(=O)(=O)c2ccccc2)n1. The predicted molar refractivity (Wildman–Crippen MR) is 80.0 cm³/mol.